The van der Waals surface area contributed by atoms with Crippen LogP contribution in [0.4, 0.5) is 5.82 Å². The molecule has 0 spiro atoms. The Kier molecular flexibility index (Phi) is 3.77. The van der Waals surface area contributed by atoms with Gasteiger partial charge < -0.3 is 15.8 Å². The highest BCUT2D eigenvalue weighted by Crippen LogP contribution is 2.29. The lowest BCUT2D eigenvalue weighted by molar-refractivity contribution is -0.128. The van der Waals surface area contributed by atoms with Gasteiger partial charge in [-0.1, -0.05) is 0 Å². The predicted molar refractivity (Wildman–Crippen MR) is 82.5 cm³/mol. The fraction of sp³-hybridized carbons (Fsp3) is 0.500. The standard InChI is InChI=1S/C14H18N4O2S/c1-7-6-21-14-11(7)13(17-8(2)18-14)16-5-9-3-4-10(20-9)12(15)19/h6,9-10H,3-5H2,1-2H3,(H2,15,19)(H,16,17,18). The topological polar surface area (TPSA) is 90.1 Å². The first-order chi connectivity index (χ1) is 10.0. The maximum atomic E-state index is 11.1. The van der Waals surface area contributed by atoms with Crippen molar-refractivity contribution in [2.45, 2.75) is 38.9 Å². The zero-order valence-corrected chi connectivity index (χ0v) is 12.9. The number of aryl methyl sites for hydroxylation is 2. The smallest absolute Gasteiger partial charge is 0.246 e. The quantitative estimate of drug-likeness (QED) is 0.898. The van der Waals surface area contributed by atoms with E-state index in [0.29, 0.717) is 13.0 Å². The maximum absolute atomic E-state index is 11.1. The lowest BCUT2D eigenvalue weighted by atomic mass is 10.2. The Morgan fingerprint density at radius 3 is 3.00 bits per heavy atom. The molecule has 112 valence electrons. The van der Waals surface area contributed by atoms with Gasteiger partial charge in [0.05, 0.1) is 11.5 Å². The monoisotopic (exact) mass is 306 g/mol. The summed E-state index contributed by atoms with van der Waals surface area (Å²) in [6, 6.07) is 0. The summed E-state index contributed by atoms with van der Waals surface area (Å²) in [7, 11) is 0. The molecule has 7 heteroatoms. The summed E-state index contributed by atoms with van der Waals surface area (Å²) < 4.78 is 5.62. The van der Waals surface area contributed by atoms with Gasteiger partial charge in [-0.05, 0) is 37.6 Å². The summed E-state index contributed by atoms with van der Waals surface area (Å²) in [5.41, 5.74) is 6.43. The minimum Gasteiger partial charge on any atom is -0.367 e. The summed E-state index contributed by atoms with van der Waals surface area (Å²) in [5.74, 6) is 1.20. The second-order valence-electron chi connectivity index (χ2n) is 5.33. The van der Waals surface area contributed by atoms with Crippen molar-refractivity contribution in [3.8, 4) is 0 Å². The van der Waals surface area contributed by atoms with Gasteiger partial charge in [-0.25, -0.2) is 9.97 Å². The van der Waals surface area contributed by atoms with Crippen molar-refractivity contribution >= 4 is 33.3 Å². The molecule has 2 atom stereocenters. The summed E-state index contributed by atoms with van der Waals surface area (Å²) in [6.45, 7) is 4.55. The molecule has 3 heterocycles. The van der Waals surface area contributed by atoms with Crippen molar-refractivity contribution < 1.29 is 9.53 Å². The largest absolute Gasteiger partial charge is 0.367 e. The molecular formula is C14H18N4O2S. The highest BCUT2D eigenvalue weighted by Gasteiger charge is 2.29. The molecular weight excluding hydrogens is 288 g/mol. The van der Waals surface area contributed by atoms with Gasteiger partial charge in [0.25, 0.3) is 0 Å². The van der Waals surface area contributed by atoms with E-state index in [2.05, 4.69) is 27.6 Å². The second kappa shape index (κ2) is 5.57. The highest BCUT2D eigenvalue weighted by atomic mass is 32.1. The van der Waals surface area contributed by atoms with Crippen LogP contribution in [0.15, 0.2) is 5.38 Å². The SMILES string of the molecule is Cc1nc(NCC2CCC(C(N)=O)O2)c2c(C)csc2n1. The first-order valence-electron chi connectivity index (χ1n) is 6.95. The zero-order chi connectivity index (χ0) is 15.0. The molecule has 1 fully saturated rings. The third-order valence-electron chi connectivity index (χ3n) is 3.65. The molecule has 21 heavy (non-hydrogen) atoms. The normalized spacial score (nSPS) is 21.8. The van der Waals surface area contributed by atoms with Crippen LogP contribution in [0, 0.1) is 13.8 Å². The van der Waals surface area contributed by atoms with Crippen LogP contribution >= 0.6 is 11.3 Å². The number of aromatic nitrogens is 2. The number of nitrogens with two attached hydrogens (primary N) is 1. The molecule has 1 amide bonds. The molecule has 3 N–H and O–H groups in total. The number of carbonyl (C=O) groups excluding carboxylic acids is 1. The maximum Gasteiger partial charge on any atom is 0.246 e. The summed E-state index contributed by atoms with van der Waals surface area (Å²) in [6.07, 6.45) is 1.06. The van der Waals surface area contributed by atoms with Gasteiger partial charge in [-0.3, -0.25) is 4.79 Å². The van der Waals surface area contributed by atoms with Gasteiger partial charge in [-0.15, -0.1) is 11.3 Å². The first-order valence-corrected chi connectivity index (χ1v) is 7.83. The van der Waals surface area contributed by atoms with E-state index in [1.165, 1.54) is 5.56 Å². The van der Waals surface area contributed by atoms with Crippen LogP contribution < -0.4 is 11.1 Å². The van der Waals surface area contributed by atoms with Gasteiger partial charge in [0.1, 0.15) is 22.6 Å². The lowest BCUT2D eigenvalue weighted by Gasteiger charge is -2.14. The van der Waals surface area contributed by atoms with Gasteiger partial charge in [-0.2, -0.15) is 0 Å². The first kappa shape index (κ1) is 14.2. The Morgan fingerprint density at radius 1 is 1.48 bits per heavy atom. The van der Waals surface area contributed by atoms with Crippen LogP contribution in [0.2, 0.25) is 0 Å². The number of carbonyl (C=O) groups is 1. The summed E-state index contributed by atoms with van der Waals surface area (Å²) in [5, 5.41) is 6.48. The number of nitrogens with one attached hydrogen (secondary N) is 1. The van der Waals surface area contributed by atoms with Crippen molar-refractivity contribution in [1.29, 1.82) is 0 Å². The van der Waals surface area contributed by atoms with Crippen LogP contribution in [0.5, 0.6) is 0 Å². The minimum absolute atomic E-state index is 0.00763. The number of rotatable bonds is 4. The van der Waals surface area contributed by atoms with Crippen LogP contribution in [0.25, 0.3) is 10.2 Å². The molecule has 0 aromatic carbocycles. The van der Waals surface area contributed by atoms with E-state index in [9.17, 15) is 4.79 Å². The van der Waals surface area contributed by atoms with Crippen LogP contribution in [-0.2, 0) is 9.53 Å². The number of nitrogens with zero attached hydrogens (tertiary/aromatic N) is 2. The third kappa shape index (κ3) is 2.84. The van der Waals surface area contributed by atoms with E-state index in [1.54, 1.807) is 11.3 Å². The van der Waals surface area contributed by atoms with E-state index in [0.717, 1.165) is 28.3 Å². The minimum atomic E-state index is -0.452. The number of fused-ring (bicyclic) bond motifs is 1. The zero-order valence-electron chi connectivity index (χ0n) is 12.0. The molecule has 6 nitrogen and oxygen atoms in total. The fourth-order valence-electron chi connectivity index (χ4n) is 2.59. The van der Waals surface area contributed by atoms with E-state index in [-0.39, 0.29) is 12.0 Å². The number of primary amides is 1. The molecule has 3 rings (SSSR count). The second-order valence-corrected chi connectivity index (χ2v) is 6.18. The van der Waals surface area contributed by atoms with Gasteiger partial charge >= 0.3 is 0 Å². The number of hydrogen-bond acceptors (Lipinski definition) is 6. The number of amides is 1. The third-order valence-corrected chi connectivity index (χ3v) is 4.64. The Labute approximate surface area is 126 Å². The van der Waals surface area contributed by atoms with E-state index in [4.69, 9.17) is 10.5 Å². The molecule has 2 unspecified atom stereocenters. The van der Waals surface area contributed by atoms with E-state index >= 15 is 0 Å². The Hall–Kier alpha value is -1.73. The highest BCUT2D eigenvalue weighted by molar-refractivity contribution is 7.17. The Morgan fingerprint density at radius 2 is 2.29 bits per heavy atom. The molecule has 0 saturated carbocycles. The molecule has 1 saturated heterocycles. The molecule has 1 aliphatic rings. The molecule has 1 aliphatic heterocycles. The molecule has 0 bridgehead atoms. The Bertz CT molecular complexity index is 685. The van der Waals surface area contributed by atoms with E-state index < -0.39 is 6.10 Å². The van der Waals surface area contributed by atoms with Crippen LogP contribution in [-0.4, -0.2) is 34.6 Å². The van der Waals surface area contributed by atoms with Crippen LogP contribution in [0.3, 0.4) is 0 Å². The number of hydrogen-bond donors (Lipinski definition) is 2. The number of thiophene rings is 1. The van der Waals surface area contributed by atoms with Crippen molar-refractivity contribution in [2.24, 2.45) is 5.73 Å². The number of anilines is 1. The molecule has 0 radical (unpaired) electrons. The van der Waals surface area contributed by atoms with Crippen molar-refractivity contribution in [2.75, 3.05) is 11.9 Å². The van der Waals surface area contributed by atoms with Crippen molar-refractivity contribution in [3.05, 3.63) is 16.8 Å². The summed E-state index contributed by atoms with van der Waals surface area (Å²) >= 11 is 1.62. The van der Waals surface area contributed by atoms with Gasteiger partial charge in [0, 0.05) is 6.54 Å². The van der Waals surface area contributed by atoms with Crippen molar-refractivity contribution in [1.82, 2.24) is 9.97 Å². The average Bonchev–Trinajstić information content (AvgIpc) is 3.03. The molecule has 2 aromatic heterocycles. The average molecular weight is 306 g/mol. The Balaban J connectivity index is 1.74. The predicted octanol–water partition coefficient (Wildman–Crippen LogP) is 1.75. The van der Waals surface area contributed by atoms with E-state index in [1.807, 2.05) is 6.92 Å². The molecule has 2 aromatic rings. The fourth-order valence-corrected chi connectivity index (χ4v) is 3.56. The lowest BCUT2D eigenvalue weighted by Crippen LogP contribution is -2.30. The van der Waals surface area contributed by atoms with Crippen LogP contribution in [0.1, 0.15) is 24.2 Å². The van der Waals surface area contributed by atoms with Crippen molar-refractivity contribution in [3.63, 3.8) is 0 Å². The molecule has 0 aliphatic carbocycles. The summed E-state index contributed by atoms with van der Waals surface area (Å²) in [4.78, 5) is 21.0. The van der Waals surface area contributed by atoms with Gasteiger partial charge in [0.15, 0.2) is 0 Å². The number of ether oxygens (including phenoxy) is 1. The van der Waals surface area contributed by atoms with Gasteiger partial charge in [0.2, 0.25) is 5.91 Å².